The summed E-state index contributed by atoms with van der Waals surface area (Å²) in [6.07, 6.45) is 7.60. The van der Waals surface area contributed by atoms with Gasteiger partial charge in [0.15, 0.2) is 0 Å². The van der Waals surface area contributed by atoms with Crippen molar-refractivity contribution in [2.24, 2.45) is 5.92 Å². The lowest BCUT2D eigenvalue weighted by atomic mass is 10.2. The molecule has 3 N–H and O–H groups in total. The average molecular weight is 245 g/mol. The molecular weight excluding hydrogens is 230 g/mol. The summed E-state index contributed by atoms with van der Waals surface area (Å²) in [6, 6.07) is 0.363. The monoisotopic (exact) mass is 245 g/mol. The fraction of sp³-hybridized carbons (Fsp3) is 0.455. The van der Waals surface area contributed by atoms with E-state index in [0.29, 0.717) is 17.9 Å². The second-order valence-corrected chi connectivity index (χ2v) is 4.56. The third-order valence-corrected chi connectivity index (χ3v) is 3.06. The van der Waals surface area contributed by atoms with Gasteiger partial charge in [0.2, 0.25) is 17.8 Å². The van der Waals surface area contributed by atoms with Crippen LogP contribution >= 0.6 is 0 Å². The number of rotatable bonds is 4. The molecule has 1 aliphatic rings. The number of nitrogen functional groups attached to an aromatic ring is 1. The van der Waals surface area contributed by atoms with Crippen LogP contribution in [0.4, 0.5) is 11.9 Å². The Labute approximate surface area is 104 Å². The zero-order valence-electron chi connectivity index (χ0n) is 10.1. The van der Waals surface area contributed by atoms with E-state index in [1.807, 2.05) is 0 Å². The van der Waals surface area contributed by atoms with E-state index in [1.165, 1.54) is 12.8 Å². The molecule has 1 unspecified atom stereocenters. The van der Waals surface area contributed by atoms with Gasteiger partial charge in [0.05, 0.1) is 0 Å². The first-order valence-corrected chi connectivity index (χ1v) is 5.99. The third-order valence-electron chi connectivity index (χ3n) is 3.06. The Hall–Kier alpha value is -2.18. The SMILES string of the molecule is CC(Nc1nc(N)nc(-n2ccnc2)n1)C1CC1. The maximum atomic E-state index is 5.70. The van der Waals surface area contributed by atoms with Gasteiger partial charge in [-0.05, 0) is 25.7 Å². The summed E-state index contributed by atoms with van der Waals surface area (Å²) in [7, 11) is 0. The van der Waals surface area contributed by atoms with Gasteiger partial charge in [0, 0.05) is 18.4 Å². The van der Waals surface area contributed by atoms with Gasteiger partial charge in [0.1, 0.15) is 6.33 Å². The molecule has 94 valence electrons. The van der Waals surface area contributed by atoms with E-state index in [-0.39, 0.29) is 5.95 Å². The van der Waals surface area contributed by atoms with Crippen molar-refractivity contribution in [1.29, 1.82) is 0 Å². The molecule has 0 aliphatic heterocycles. The molecule has 1 saturated carbocycles. The highest BCUT2D eigenvalue weighted by atomic mass is 15.3. The molecule has 1 aliphatic carbocycles. The molecule has 0 bridgehead atoms. The van der Waals surface area contributed by atoms with Crippen LogP contribution < -0.4 is 11.1 Å². The minimum atomic E-state index is 0.208. The molecule has 2 aromatic heterocycles. The lowest BCUT2D eigenvalue weighted by Gasteiger charge is -2.13. The van der Waals surface area contributed by atoms with Crippen molar-refractivity contribution in [2.45, 2.75) is 25.8 Å². The van der Waals surface area contributed by atoms with Crippen molar-refractivity contribution in [2.75, 3.05) is 11.1 Å². The number of imidazole rings is 1. The Morgan fingerprint density at radius 1 is 1.39 bits per heavy atom. The average Bonchev–Trinajstić information content (AvgIpc) is 3.04. The number of anilines is 2. The summed E-state index contributed by atoms with van der Waals surface area (Å²) in [5.41, 5.74) is 5.70. The number of nitrogens with one attached hydrogen (secondary N) is 1. The minimum Gasteiger partial charge on any atom is -0.368 e. The highest BCUT2D eigenvalue weighted by Gasteiger charge is 2.28. The Morgan fingerprint density at radius 3 is 2.89 bits per heavy atom. The second kappa shape index (κ2) is 4.25. The van der Waals surface area contributed by atoms with Crippen molar-refractivity contribution < 1.29 is 0 Å². The highest BCUT2D eigenvalue weighted by molar-refractivity contribution is 5.36. The fourth-order valence-corrected chi connectivity index (χ4v) is 1.86. The van der Waals surface area contributed by atoms with Crippen LogP contribution in [0.15, 0.2) is 18.7 Å². The van der Waals surface area contributed by atoms with Crippen LogP contribution in [-0.4, -0.2) is 30.5 Å². The molecule has 0 spiro atoms. The van der Waals surface area contributed by atoms with Gasteiger partial charge in [-0.1, -0.05) is 0 Å². The van der Waals surface area contributed by atoms with Crippen molar-refractivity contribution in [1.82, 2.24) is 24.5 Å². The van der Waals surface area contributed by atoms with E-state index in [0.717, 1.165) is 5.92 Å². The van der Waals surface area contributed by atoms with Gasteiger partial charge in [-0.2, -0.15) is 15.0 Å². The predicted molar refractivity (Wildman–Crippen MR) is 67.2 cm³/mol. The van der Waals surface area contributed by atoms with Crippen LogP contribution in [0.1, 0.15) is 19.8 Å². The zero-order chi connectivity index (χ0) is 12.5. The molecule has 18 heavy (non-hydrogen) atoms. The van der Waals surface area contributed by atoms with Gasteiger partial charge in [-0.25, -0.2) is 4.98 Å². The Morgan fingerprint density at radius 2 is 2.22 bits per heavy atom. The van der Waals surface area contributed by atoms with E-state index < -0.39 is 0 Å². The maximum Gasteiger partial charge on any atom is 0.241 e. The standard InChI is InChI=1S/C11H15N7/c1-7(8-2-3-8)14-10-15-9(12)16-11(17-10)18-5-4-13-6-18/h4-8H,2-3H2,1H3,(H3,12,14,15,16,17). The summed E-state index contributed by atoms with van der Waals surface area (Å²) in [5, 5.41) is 3.27. The quantitative estimate of drug-likeness (QED) is 0.829. The zero-order valence-corrected chi connectivity index (χ0v) is 10.1. The summed E-state index contributed by atoms with van der Waals surface area (Å²) < 4.78 is 1.70. The second-order valence-electron chi connectivity index (χ2n) is 4.56. The molecule has 0 radical (unpaired) electrons. The van der Waals surface area contributed by atoms with Gasteiger partial charge in [-0.15, -0.1) is 0 Å². The molecule has 2 aromatic rings. The highest BCUT2D eigenvalue weighted by Crippen LogP contribution is 2.33. The predicted octanol–water partition coefficient (Wildman–Crippen LogP) is 0.850. The molecule has 0 saturated heterocycles. The number of hydrogen-bond acceptors (Lipinski definition) is 6. The molecule has 3 rings (SSSR count). The van der Waals surface area contributed by atoms with Crippen LogP contribution in [0, 0.1) is 5.92 Å². The fourth-order valence-electron chi connectivity index (χ4n) is 1.86. The molecule has 7 heteroatoms. The molecule has 2 heterocycles. The van der Waals surface area contributed by atoms with Crippen molar-refractivity contribution in [3.05, 3.63) is 18.7 Å². The lowest BCUT2D eigenvalue weighted by molar-refractivity contribution is 0.684. The summed E-state index contributed by atoms with van der Waals surface area (Å²) in [6.45, 7) is 2.13. The number of nitrogens with two attached hydrogens (primary N) is 1. The van der Waals surface area contributed by atoms with E-state index in [2.05, 4.69) is 32.2 Å². The topological polar surface area (TPSA) is 94.5 Å². The summed E-state index contributed by atoms with van der Waals surface area (Å²) >= 11 is 0. The van der Waals surface area contributed by atoms with Crippen LogP contribution in [0.5, 0.6) is 0 Å². The first-order chi connectivity index (χ1) is 8.72. The molecule has 1 fully saturated rings. The molecule has 7 nitrogen and oxygen atoms in total. The molecule has 1 atom stereocenters. The van der Waals surface area contributed by atoms with Gasteiger partial charge in [0.25, 0.3) is 0 Å². The van der Waals surface area contributed by atoms with Gasteiger partial charge in [-0.3, -0.25) is 4.57 Å². The van der Waals surface area contributed by atoms with Crippen LogP contribution in [-0.2, 0) is 0 Å². The lowest BCUT2D eigenvalue weighted by Crippen LogP contribution is -2.20. The first-order valence-electron chi connectivity index (χ1n) is 5.99. The summed E-state index contributed by atoms with van der Waals surface area (Å²) in [4.78, 5) is 16.5. The van der Waals surface area contributed by atoms with Crippen molar-refractivity contribution >= 4 is 11.9 Å². The minimum absolute atomic E-state index is 0.208. The smallest absolute Gasteiger partial charge is 0.241 e. The van der Waals surface area contributed by atoms with Gasteiger partial charge >= 0.3 is 0 Å². The van der Waals surface area contributed by atoms with Gasteiger partial charge < -0.3 is 11.1 Å². The summed E-state index contributed by atoms with van der Waals surface area (Å²) in [5.74, 6) is 1.93. The molecular formula is C11H15N7. The normalized spacial score (nSPS) is 16.5. The van der Waals surface area contributed by atoms with Crippen LogP contribution in [0.3, 0.4) is 0 Å². The van der Waals surface area contributed by atoms with E-state index >= 15 is 0 Å². The number of hydrogen-bond donors (Lipinski definition) is 2. The number of aromatic nitrogens is 5. The van der Waals surface area contributed by atoms with E-state index in [9.17, 15) is 0 Å². The molecule has 0 aromatic carbocycles. The number of nitrogens with zero attached hydrogens (tertiary/aromatic N) is 5. The van der Waals surface area contributed by atoms with Crippen LogP contribution in [0.25, 0.3) is 5.95 Å². The maximum absolute atomic E-state index is 5.70. The van der Waals surface area contributed by atoms with E-state index in [4.69, 9.17) is 5.73 Å². The Bertz CT molecular complexity index is 532. The van der Waals surface area contributed by atoms with E-state index in [1.54, 1.807) is 23.3 Å². The van der Waals surface area contributed by atoms with Crippen LogP contribution in [0.2, 0.25) is 0 Å². The third kappa shape index (κ3) is 2.24. The van der Waals surface area contributed by atoms with Crippen molar-refractivity contribution in [3.8, 4) is 5.95 Å². The Balaban J connectivity index is 1.85. The Kier molecular flexibility index (Phi) is 2.58. The first kappa shape index (κ1) is 10.9. The molecule has 0 amide bonds. The largest absolute Gasteiger partial charge is 0.368 e. The van der Waals surface area contributed by atoms with Crippen molar-refractivity contribution in [3.63, 3.8) is 0 Å².